The number of nitrogens with two attached hydrogens (primary N) is 1. The molecule has 1 aromatic carbocycles. The van der Waals surface area contributed by atoms with E-state index in [2.05, 4.69) is 5.32 Å². The number of rotatable bonds is 3. The van der Waals surface area contributed by atoms with Crippen molar-refractivity contribution in [2.45, 2.75) is 26.8 Å². The monoisotopic (exact) mass is 274 g/mol. The Kier molecular flexibility index (Phi) is 3.90. The Morgan fingerprint density at radius 2 is 2.00 bits per heavy atom. The number of hydrogen-bond donors (Lipinski definition) is 2. The summed E-state index contributed by atoms with van der Waals surface area (Å²) in [4.78, 5) is 23.3. The van der Waals surface area contributed by atoms with Crippen LogP contribution in [0.5, 0.6) is 0 Å². The van der Waals surface area contributed by atoms with Gasteiger partial charge in [0.1, 0.15) is 5.58 Å². The van der Waals surface area contributed by atoms with E-state index in [4.69, 9.17) is 10.2 Å². The van der Waals surface area contributed by atoms with Crippen molar-refractivity contribution in [1.82, 2.24) is 0 Å². The van der Waals surface area contributed by atoms with E-state index < -0.39 is 11.7 Å². The molecule has 5 heteroatoms. The van der Waals surface area contributed by atoms with Gasteiger partial charge in [-0.3, -0.25) is 4.79 Å². The summed E-state index contributed by atoms with van der Waals surface area (Å²) in [6.07, 6.45) is 0. The molecule has 106 valence electrons. The quantitative estimate of drug-likeness (QED) is 0.838. The van der Waals surface area contributed by atoms with Crippen LogP contribution in [0.2, 0.25) is 0 Å². The number of amides is 1. The zero-order valence-electron chi connectivity index (χ0n) is 11.8. The number of carbonyl (C=O) groups excluding carboxylic acids is 1. The molecule has 0 bridgehead atoms. The highest BCUT2D eigenvalue weighted by Gasteiger charge is 2.17. The van der Waals surface area contributed by atoms with Crippen molar-refractivity contribution in [3.63, 3.8) is 0 Å². The Labute approximate surface area is 116 Å². The van der Waals surface area contributed by atoms with Crippen LogP contribution in [0.15, 0.2) is 33.5 Å². The van der Waals surface area contributed by atoms with Gasteiger partial charge in [0.05, 0.1) is 6.04 Å². The summed E-state index contributed by atoms with van der Waals surface area (Å²) in [6.45, 7) is 5.60. The van der Waals surface area contributed by atoms with Gasteiger partial charge < -0.3 is 15.5 Å². The molecule has 0 radical (unpaired) electrons. The predicted molar refractivity (Wildman–Crippen MR) is 78.7 cm³/mol. The van der Waals surface area contributed by atoms with Crippen LogP contribution in [0.4, 0.5) is 5.69 Å². The molecule has 0 aliphatic heterocycles. The second kappa shape index (κ2) is 5.46. The van der Waals surface area contributed by atoms with Crippen LogP contribution >= 0.6 is 0 Å². The first-order valence-corrected chi connectivity index (χ1v) is 6.49. The van der Waals surface area contributed by atoms with Gasteiger partial charge in [-0.2, -0.15) is 0 Å². The van der Waals surface area contributed by atoms with Gasteiger partial charge >= 0.3 is 5.63 Å². The van der Waals surface area contributed by atoms with Crippen LogP contribution in [0, 0.1) is 12.8 Å². The van der Waals surface area contributed by atoms with E-state index in [1.165, 1.54) is 6.07 Å². The maximum Gasteiger partial charge on any atom is 0.336 e. The molecule has 2 rings (SSSR count). The third-order valence-corrected chi connectivity index (χ3v) is 3.24. The molecule has 5 nitrogen and oxygen atoms in total. The minimum atomic E-state index is -0.574. The number of hydrogen-bond acceptors (Lipinski definition) is 4. The summed E-state index contributed by atoms with van der Waals surface area (Å²) < 4.78 is 5.13. The average molecular weight is 274 g/mol. The lowest BCUT2D eigenvalue weighted by Crippen LogP contribution is -2.39. The van der Waals surface area contributed by atoms with E-state index in [0.717, 1.165) is 10.9 Å². The Morgan fingerprint density at radius 3 is 2.65 bits per heavy atom. The van der Waals surface area contributed by atoms with E-state index >= 15 is 0 Å². The van der Waals surface area contributed by atoms with E-state index in [9.17, 15) is 9.59 Å². The fourth-order valence-electron chi connectivity index (χ4n) is 1.93. The molecule has 1 heterocycles. The second-order valence-electron chi connectivity index (χ2n) is 5.22. The highest BCUT2D eigenvalue weighted by molar-refractivity contribution is 5.96. The zero-order valence-corrected chi connectivity index (χ0v) is 11.8. The van der Waals surface area contributed by atoms with Gasteiger partial charge in [0.2, 0.25) is 5.91 Å². The molecule has 0 aliphatic rings. The van der Waals surface area contributed by atoms with Crippen LogP contribution in [0.1, 0.15) is 19.4 Å². The van der Waals surface area contributed by atoms with Gasteiger partial charge in [0, 0.05) is 23.2 Å². The van der Waals surface area contributed by atoms with Crippen molar-refractivity contribution in [2.24, 2.45) is 11.7 Å². The van der Waals surface area contributed by atoms with E-state index in [1.54, 1.807) is 12.1 Å². The van der Waals surface area contributed by atoms with Crippen molar-refractivity contribution in [3.05, 3.63) is 40.2 Å². The first-order chi connectivity index (χ1) is 9.38. The van der Waals surface area contributed by atoms with E-state index in [-0.39, 0.29) is 11.8 Å². The summed E-state index contributed by atoms with van der Waals surface area (Å²) in [7, 11) is 0. The second-order valence-corrected chi connectivity index (χ2v) is 5.22. The number of benzene rings is 1. The molecular formula is C15H18N2O3. The molecule has 0 aliphatic carbocycles. The molecule has 0 saturated heterocycles. The van der Waals surface area contributed by atoms with Crippen molar-refractivity contribution in [3.8, 4) is 0 Å². The third kappa shape index (κ3) is 2.88. The van der Waals surface area contributed by atoms with Gasteiger partial charge in [0.15, 0.2) is 0 Å². The van der Waals surface area contributed by atoms with Gasteiger partial charge in [0.25, 0.3) is 0 Å². The number of carbonyl (C=O) groups is 1. The van der Waals surface area contributed by atoms with Crippen molar-refractivity contribution in [1.29, 1.82) is 0 Å². The topological polar surface area (TPSA) is 85.3 Å². The summed E-state index contributed by atoms with van der Waals surface area (Å²) in [5.41, 5.74) is 7.23. The molecule has 0 fully saturated rings. The number of fused-ring (bicyclic) bond motifs is 1. The molecule has 1 amide bonds. The highest BCUT2D eigenvalue weighted by atomic mass is 16.4. The lowest BCUT2D eigenvalue weighted by Gasteiger charge is -2.15. The first-order valence-electron chi connectivity index (χ1n) is 6.49. The van der Waals surface area contributed by atoms with Crippen molar-refractivity contribution >= 4 is 22.6 Å². The zero-order chi connectivity index (χ0) is 14.9. The Morgan fingerprint density at radius 1 is 1.30 bits per heavy atom. The maximum absolute atomic E-state index is 11.9. The lowest BCUT2D eigenvalue weighted by atomic mass is 10.0. The Hall–Kier alpha value is -2.14. The van der Waals surface area contributed by atoms with Crippen LogP contribution in [0.25, 0.3) is 11.0 Å². The average Bonchev–Trinajstić information content (AvgIpc) is 2.36. The molecule has 0 spiro atoms. The van der Waals surface area contributed by atoms with Gasteiger partial charge in [-0.25, -0.2) is 4.79 Å². The standard InChI is InChI=1S/C15H18N2O3/c1-8(2)14(16)15(19)17-10-4-5-11-9(3)6-13(18)20-12(11)7-10/h4-8,14H,16H2,1-3H3,(H,17,19)/t14-/m1/s1. The fraction of sp³-hybridized carbons (Fsp3) is 0.333. The minimum absolute atomic E-state index is 0.0515. The lowest BCUT2D eigenvalue weighted by molar-refractivity contribution is -0.118. The number of nitrogens with one attached hydrogen (secondary N) is 1. The van der Waals surface area contributed by atoms with Crippen LogP contribution in [0.3, 0.4) is 0 Å². The van der Waals surface area contributed by atoms with Gasteiger partial charge in [-0.1, -0.05) is 13.8 Å². The van der Waals surface area contributed by atoms with Crippen molar-refractivity contribution in [2.75, 3.05) is 5.32 Å². The SMILES string of the molecule is Cc1cc(=O)oc2cc(NC(=O)[C@H](N)C(C)C)ccc12. The van der Waals surface area contributed by atoms with Gasteiger partial charge in [-0.05, 0) is 30.5 Å². The number of anilines is 1. The minimum Gasteiger partial charge on any atom is -0.423 e. The third-order valence-electron chi connectivity index (χ3n) is 3.24. The molecule has 1 atom stereocenters. The summed E-state index contributed by atoms with van der Waals surface area (Å²) >= 11 is 0. The molecule has 2 aromatic rings. The smallest absolute Gasteiger partial charge is 0.336 e. The number of aryl methyl sites for hydroxylation is 1. The van der Waals surface area contributed by atoms with Crippen LogP contribution in [-0.4, -0.2) is 11.9 Å². The molecule has 1 aromatic heterocycles. The van der Waals surface area contributed by atoms with Crippen LogP contribution < -0.4 is 16.7 Å². The molecule has 20 heavy (non-hydrogen) atoms. The normalized spacial score (nSPS) is 12.7. The molecule has 0 saturated carbocycles. The largest absolute Gasteiger partial charge is 0.423 e. The summed E-state index contributed by atoms with van der Waals surface area (Å²) in [6, 6.07) is 6.07. The predicted octanol–water partition coefficient (Wildman–Crippen LogP) is 2.02. The Balaban J connectivity index is 2.33. The van der Waals surface area contributed by atoms with Gasteiger partial charge in [-0.15, -0.1) is 0 Å². The molecular weight excluding hydrogens is 256 g/mol. The molecule has 3 N–H and O–H groups in total. The maximum atomic E-state index is 11.9. The van der Waals surface area contributed by atoms with Crippen molar-refractivity contribution < 1.29 is 9.21 Å². The Bertz CT molecular complexity index is 704. The summed E-state index contributed by atoms with van der Waals surface area (Å²) in [5, 5.41) is 3.57. The van der Waals surface area contributed by atoms with E-state index in [0.29, 0.717) is 11.3 Å². The highest BCUT2D eigenvalue weighted by Crippen LogP contribution is 2.21. The van der Waals surface area contributed by atoms with Crippen LogP contribution in [-0.2, 0) is 4.79 Å². The molecule has 0 unspecified atom stereocenters. The first kappa shape index (κ1) is 14.3. The van der Waals surface area contributed by atoms with E-state index in [1.807, 2.05) is 26.8 Å². The summed E-state index contributed by atoms with van der Waals surface area (Å²) in [5.74, 6) is -0.204. The fourth-order valence-corrected chi connectivity index (χ4v) is 1.93.